The fourth-order valence-electron chi connectivity index (χ4n) is 3.97. The molecule has 4 rings (SSSR count). The van der Waals surface area contributed by atoms with Gasteiger partial charge >= 0.3 is 5.63 Å². The van der Waals surface area contributed by atoms with E-state index in [4.69, 9.17) is 13.9 Å². The number of piperazine rings is 1. The Bertz CT molecular complexity index is 885. The predicted octanol–water partition coefficient (Wildman–Crippen LogP) is 1.51. The molecule has 30 heavy (non-hydrogen) atoms. The lowest BCUT2D eigenvalue weighted by molar-refractivity contribution is 0.0333. The third-order valence-electron chi connectivity index (χ3n) is 5.83. The van der Waals surface area contributed by atoms with Crippen LogP contribution in [-0.4, -0.2) is 74.5 Å². The van der Waals surface area contributed by atoms with Crippen LogP contribution in [0, 0.1) is 0 Å². The van der Waals surface area contributed by atoms with Crippen LogP contribution >= 0.6 is 0 Å². The highest BCUT2D eigenvalue weighted by atomic mass is 16.5. The molecule has 1 N–H and O–H groups in total. The van der Waals surface area contributed by atoms with Crippen molar-refractivity contribution >= 4 is 5.69 Å². The van der Waals surface area contributed by atoms with Crippen molar-refractivity contribution in [1.82, 2.24) is 9.80 Å². The summed E-state index contributed by atoms with van der Waals surface area (Å²) in [6, 6.07) is 8.09. The molecule has 0 spiro atoms. The number of anilines is 1. The fourth-order valence-corrected chi connectivity index (χ4v) is 3.97. The zero-order valence-corrected chi connectivity index (χ0v) is 17.4. The summed E-state index contributed by atoms with van der Waals surface area (Å²) < 4.78 is 15.8. The molecule has 3 heterocycles. The van der Waals surface area contributed by atoms with Crippen LogP contribution in [-0.2, 0) is 17.8 Å². The van der Waals surface area contributed by atoms with Gasteiger partial charge in [-0.2, -0.15) is 0 Å². The maximum atomic E-state index is 12.2. The Morgan fingerprint density at radius 1 is 0.967 bits per heavy atom. The topological polar surface area (TPSA) is 78.6 Å². The number of hydrogen-bond donors (Lipinski definition) is 1. The van der Waals surface area contributed by atoms with Crippen LogP contribution in [0.2, 0.25) is 0 Å². The molecular weight excluding hydrogens is 386 g/mol. The van der Waals surface area contributed by atoms with Crippen LogP contribution in [0.5, 0.6) is 11.5 Å². The van der Waals surface area contributed by atoms with E-state index in [1.54, 1.807) is 7.11 Å². The quantitative estimate of drug-likeness (QED) is 0.761. The Labute approximate surface area is 176 Å². The Kier molecular flexibility index (Phi) is 6.56. The van der Waals surface area contributed by atoms with Gasteiger partial charge in [0, 0.05) is 63.6 Å². The summed E-state index contributed by atoms with van der Waals surface area (Å²) in [4.78, 5) is 18.9. The van der Waals surface area contributed by atoms with Crippen LogP contribution in [0.3, 0.4) is 0 Å². The minimum absolute atomic E-state index is 0.0651. The number of aromatic hydroxyl groups is 1. The highest BCUT2D eigenvalue weighted by molar-refractivity contribution is 5.49. The molecule has 1 aromatic carbocycles. The lowest BCUT2D eigenvalue weighted by Crippen LogP contribution is -2.46. The largest absolute Gasteiger partial charge is 0.507 e. The molecule has 1 aromatic heterocycles. The SMILES string of the molecule is COc1ccc(N2CCN(Cc3coc(=O)c(CN4CCOCC4)c3O)CC2)cc1. The molecule has 2 fully saturated rings. The average molecular weight is 415 g/mol. The van der Waals surface area contributed by atoms with E-state index in [2.05, 4.69) is 26.8 Å². The molecule has 2 aliphatic rings. The highest BCUT2D eigenvalue weighted by Gasteiger charge is 2.22. The van der Waals surface area contributed by atoms with Crippen molar-refractivity contribution in [2.24, 2.45) is 0 Å². The van der Waals surface area contributed by atoms with Crippen LogP contribution in [0.25, 0.3) is 0 Å². The first-order valence-corrected chi connectivity index (χ1v) is 10.4. The van der Waals surface area contributed by atoms with Gasteiger partial charge in [-0.1, -0.05) is 0 Å². The number of hydrogen-bond acceptors (Lipinski definition) is 8. The van der Waals surface area contributed by atoms with Gasteiger partial charge in [0.25, 0.3) is 0 Å². The summed E-state index contributed by atoms with van der Waals surface area (Å²) in [5.41, 5.74) is 1.71. The number of ether oxygens (including phenoxy) is 2. The van der Waals surface area contributed by atoms with E-state index in [0.29, 0.717) is 37.4 Å². The summed E-state index contributed by atoms with van der Waals surface area (Å²) in [5.74, 6) is 0.918. The van der Waals surface area contributed by atoms with Gasteiger partial charge in [-0.25, -0.2) is 4.79 Å². The Morgan fingerprint density at radius 3 is 2.30 bits per heavy atom. The average Bonchev–Trinajstić information content (AvgIpc) is 2.80. The number of morpholine rings is 1. The number of methoxy groups -OCH3 is 1. The first-order valence-electron chi connectivity index (χ1n) is 10.4. The summed E-state index contributed by atoms with van der Waals surface area (Å²) in [7, 11) is 1.67. The van der Waals surface area contributed by atoms with Crippen molar-refractivity contribution in [3.63, 3.8) is 0 Å². The number of nitrogens with zero attached hydrogens (tertiary/aromatic N) is 3. The van der Waals surface area contributed by atoms with E-state index < -0.39 is 5.63 Å². The van der Waals surface area contributed by atoms with Gasteiger partial charge in [-0.15, -0.1) is 0 Å². The van der Waals surface area contributed by atoms with E-state index in [1.807, 2.05) is 12.1 Å². The number of rotatable bonds is 6. The van der Waals surface area contributed by atoms with Crippen molar-refractivity contribution < 1.29 is 19.0 Å². The van der Waals surface area contributed by atoms with E-state index in [1.165, 1.54) is 12.0 Å². The smallest absolute Gasteiger partial charge is 0.343 e. The fraction of sp³-hybridized carbons (Fsp3) is 0.500. The molecule has 0 atom stereocenters. The lowest BCUT2D eigenvalue weighted by atomic mass is 10.1. The van der Waals surface area contributed by atoms with Gasteiger partial charge in [0.2, 0.25) is 0 Å². The lowest BCUT2D eigenvalue weighted by Gasteiger charge is -2.36. The van der Waals surface area contributed by atoms with Gasteiger partial charge in [-0.05, 0) is 24.3 Å². The molecule has 8 heteroatoms. The van der Waals surface area contributed by atoms with E-state index in [9.17, 15) is 9.90 Å². The first kappa shape index (κ1) is 20.7. The van der Waals surface area contributed by atoms with E-state index in [0.717, 1.165) is 45.0 Å². The molecule has 2 aliphatic heterocycles. The van der Waals surface area contributed by atoms with Crippen LogP contribution < -0.4 is 15.3 Å². The van der Waals surface area contributed by atoms with Gasteiger partial charge in [0.05, 0.1) is 25.9 Å². The summed E-state index contributed by atoms with van der Waals surface area (Å²) in [6.45, 7) is 7.24. The van der Waals surface area contributed by atoms with Gasteiger partial charge < -0.3 is 23.9 Å². The van der Waals surface area contributed by atoms with Gasteiger partial charge in [0.15, 0.2) is 0 Å². The second kappa shape index (κ2) is 9.51. The van der Waals surface area contributed by atoms with E-state index >= 15 is 0 Å². The summed E-state index contributed by atoms with van der Waals surface area (Å²) in [5, 5.41) is 10.7. The maximum Gasteiger partial charge on any atom is 0.343 e. The number of benzene rings is 1. The second-order valence-electron chi connectivity index (χ2n) is 7.73. The van der Waals surface area contributed by atoms with Gasteiger partial charge in [-0.3, -0.25) is 9.80 Å². The molecule has 2 saturated heterocycles. The molecular formula is C22H29N3O5. The minimum Gasteiger partial charge on any atom is -0.507 e. The van der Waals surface area contributed by atoms with Crippen molar-refractivity contribution in [2.45, 2.75) is 13.1 Å². The second-order valence-corrected chi connectivity index (χ2v) is 7.73. The van der Waals surface area contributed by atoms with Crippen LogP contribution in [0.4, 0.5) is 5.69 Å². The highest BCUT2D eigenvalue weighted by Crippen LogP contribution is 2.25. The van der Waals surface area contributed by atoms with Gasteiger partial charge in [0.1, 0.15) is 17.8 Å². The molecule has 0 amide bonds. The van der Waals surface area contributed by atoms with Crippen LogP contribution in [0.1, 0.15) is 11.1 Å². The Balaban J connectivity index is 1.37. The summed E-state index contributed by atoms with van der Waals surface area (Å²) >= 11 is 0. The molecule has 0 unspecified atom stereocenters. The summed E-state index contributed by atoms with van der Waals surface area (Å²) in [6.07, 6.45) is 1.40. The van der Waals surface area contributed by atoms with E-state index in [-0.39, 0.29) is 5.75 Å². The van der Waals surface area contributed by atoms with Crippen molar-refractivity contribution in [2.75, 3.05) is 64.5 Å². The minimum atomic E-state index is -0.466. The Morgan fingerprint density at radius 2 is 1.63 bits per heavy atom. The standard InChI is InChI=1S/C22H29N3O5/c1-28-19-4-2-18(3-5-19)25-8-6-23(7-9-25)14-17-16-30-22(27)20(21(17)26)15-24-10-12-29-13-11-24/h2-5,16,26H,6-15H2,1H3. The normalized spacial score (nSPS) is 18.5. The third-order valence-corrected chi connectivity index (χ3v) is 5.83. The molecule has 162 valence electrons. The molecule has 0 radical (unpaired) electrons. The van der Waals surface area contributed by atoms with Crippen molar-refractivity contribution in [3.8, 4) is 11.5 Å². The van der Waals surface area contributed by atoms with Crippen molar-refractivity contribution in [3.05, 3.63) is 52.1 Å². The zero-order chi connectivity index (χ0) is 20.9. The Hall–Kier alpha value is -2.55. The predicted molar refractivity (Wildman–Crippen MR) is 113 cm³/mol. The van der Waals surface area contributed by atoms with Crippen LogP contribution in [0.15, 0.2) is 39.7 Å². The molecule has 0 saturated carbocycles. The molecule has 8 nitrogen and oxygen atoms in total. The first-order chi connectivity index (χ1) is 14.6. The third kappa shape index (κ3) is 4.77. The maximum absolute atomic E-state index is 12.2. The zero-order valence-electron chi connectivity index (χ0n) is 17.4. The molecule has 0 aliphatic carbocycles. The molecule has 2 aromatic rings. The van der Waals surface area contributed by atoms with Crippen molar-refractivity contribution in [1.29, 1.82) is 0 Å². The molecule has 0 bridgehead atoms. The monoisotopic (exact) mass is 415 g/mol.